The molecule has 2 atom stereocenters. The van der Waals surface area contributed by atoms with E-state index in [1.807, 2.05) is 20.0 Å². The zero-order chi connectivity index (χ0) is 16.9. The topological polar surface area (TPSA) is 61.7 Å². The van der Waals surface area contributed by atoms with E-state index in [0.29, 0.717) is 12.0 Å². The van der Waals surface area contributed by atoms with Crippen molar-refractivity contribution >= 4 is 5.82 Å². The van der Waals surface area contributed by atoms with Gasteiger partial charge in [0.1, 0.15) is 5.82 Å². The van der Waals surface area contributed by atoms with Crippen LogP contribution in [0, 0.1) is 19.8 Å². The molecule has 2 saturated heterocycles. The quantitative estimate of drug-likeness (QED) is 0.878. The molecule has 134 valence electrons. The third-order valence-corrected chi connectivity index (χ3v) is 5.29. The number of aliphatic hydroxyl groups excluding tert-OH is 1. The molecule has 24 heavy (non-hydrogen) atoms. The normalized spacial score (nSPS) is 25.9. The zero-order valence-corrected chi connectivity index (χ0v) is 14.9. The van der Waals surface area contributed by atoms with E-state index in [1.54, 1.807) is 0 Å². The van der Waals surface area contributed by atoms with Crippen LogP contribution in [0.3, 0.4) is 0 Å². The van der Waals surface area contributed by atoms with Gasteiger partial charge in [0, 0.05) is 45.0 Å². The molecular weight excluding hydrogens is 304 g/mol. The van der Waals surface area contributed by atoms with Gasteiger partial charge in [-0.25, -0.2) is 4.98 Å². The lowest BCUT2D eigenvalue weighted by molar-refractivity contribution is -0.00416. The Morgan fingerprint density at radius 3 is 2.79 bits per heavy atom. The smallest absolute Gasteiger partial charge is 0.150 e. The van der Waals surface area contributed by atoms with Gasteiger partial charge in [-0.2, -0.15) is 0 Å². The molecule has 0 bridgehead atoms. The minimum absolute atomic E-state index is 0.273. The van der Waals surface area contributed by atoms with E-state index in [4.69, 9.17) is 9.72 Å². The number of aliphatic hydroxyl groups is 1. The van der Waals surface area contributed by atoms with Gasteiger partial charge in [0.25, 0.3) is 0 Å². The Bertz CT molecular complexity index is 534. The summed E-state index contributed by atoms with van der Waals surface area (Å²) >= 11 is 0. The lowest BCUT2D eigenvalue weighted by Crippen LogP contribution is -2.54. The Labute approximate surface area is 144 Å². The second-order valence-corrected chi connectivity index (χ2v) is 7.00. The van der Waals surface area contributed by atoms with Gasteiger partial charge >= 0.3 is 0 Å². The van der Waals surface area contributed by atoms with Crippen molar-refractivity contribution in [3.05, 3.63) is 17.6 Å². The third-order valence-electron chi connectivity index (χ3n) is 5.29. The number of aryl methyl sites for hydroxylation is 2. The Balaban J connectivity index is 1.73. The summed E-state index contributed by atoms with van der Waals surface area (Å²) < 4.78 is 5.52. The van der Waals surface area contributed by atoms with Crippen LogP contribution >= 0.6 is 0 Å². The molecule has 0 aromatic carbocycles. The van der Waals surface area contributed by atoms with Crippen molar-refractivity contribution in [1.29, 1.82) is 0 Å². The molecular formula is C18H30N4O2. The number of aromatic nitrogens is 2. The lowest BCUT2D eigenvalue weighted by atomic mass is 9.86. The molecule has 6 heteroatoms. The number of hydrogen-bond donors (Lipinski definition) is 1. The molecule has 6 nitrogen and oxygen atoms in total. The summed E-state index contributed by atoms with van der Waals surface area (Å²) in [6, 6.07) is 0.592. The average Bonchev–Trinajstić information content (AvgIpc) is 2.62. The van der Waals surface area contributed by atoms with E-state index in [1.165, 1.54) is 0 Å². The number of hydrogen-bond acceptors (Lipinski definition) is 6. The molecule has 2 fully saturated rings. The monoisotopic (exact) mass is 334 g/mol. The maximum Gasteiger partial charge on any atom is 0.150 e. The van der Waals surface area contributed by atoms with Gasteiger partial charge in [0.05, 0.1) is 24.6 Å². The molecule has 2 aliphatic rings. The summed E-state index contributed by atoms with van der Waals surface area (Å²) in [7, 11) is 0. The second-order valence-electron chi connectivity index (χ2n) is 7.00. The fourth-order valence-electron chi connectivity index (χ4n) is 4.06. The van der Waals surface area contributed by atoms with Gasteiger partial charge in [-0.15, -0.1) is 0 Å². The van der Waals surface area contributed by atoms with Crippen LogP contribution in [0.2, 0.25) is 0 Å². The first-order chi connectivity index (χ1) is 11.7. The highest BCUT2D eigenvalue weighted by atomic mass is 16.5. The van der Waals surface area contributed by atoms with Gasteiger partial charge in [0.15, 0.2) is 0 Å². The second kappa shape index (κ2) is 8.23. The van der Waals surface area contributed by atoms with Gasteiger partial charge < -0.3 is 14.7 Å². The molecule has 1 aromatic rings. The highest BCUT2D eigenvalue weighted by molar-refractivity contribution is 5.44. The molecule has 0 saturated carbocycles. The molecule has 0 spiro atoms. The number of morpholine rings is 1. The maximum atomic E-state index is 9.29. The third kappa shape index (κ3) is 4.05. The van der Waals surface area contributed by atoms with E-state index in [9.17, 15) is 5.11 Å². The van der Waals surface area contributed by atoms with Crippen molar-refractivity contribution in [3.63, 3.8) is 0 Å². The molecule has 2 aliphatic heterocycles. The minimum Gasteiger partial charge on any atom is -0.396 e. The first-order valence-corrected chi connectivity index (χ1v) is 9.17. The molecule has 3 rings (SSSR count). The van der Waals surface area contributed by atoms with Crippen LogP contribution in [-0.4, -0.2) is 72.0 Å². The Kier molecular flexibility index (Phi) is 6.03. The Morgan fingerprint density at radius 1 is 1.25 bits per heavy atom. The summed E-state index contributed by atoms with van der Waals surface area (Å²) in [5.41, 5.74) is 1.98. The molecule has 0 aliphatic carbocycles. The van der Waals surface area contributed by atoms with E-state index in [0.717, 1.165) is 75.9 Å². The first-order valence-electron chi connectivity index (χ1n) is 9.17. The van der Waals surface area contributed by atoms with Crippen LogP contribution in [-0.2, 0) is 4.74 Å². The van der Waals surface area contributed by atoms with Gasteiger partial charge in [-0.1, -0.05) is 0 Å². The number of nitrogens with zero attached hydrogens (tertiary/aromatic N) is 4. The van der Waals surface area contributed by atoms with Crippen molar-refractivity contribution in [2.75, 3.05) is 50.9 Å². The minimum atomic E-state index is 0.273. The summed E-state index contributed by atoms with van der Waals surface area (Å²) in [5.74, 6) is 1.59. The lowest BCUT2D eigenvalue weighted by Gasteiger charge is -2.45. The van der Waals surface area contributed by atoms with Crippen LogP contribution < -0.4 is 4.90 Å². The van der Waals surface area contributed by atoms with E-state index < -0.39 is 0 Å². The summed E-state index contributed by atoms with van der Waals surface area (Å²) in [5, 5.41) is 9.29. The first kappa shape index (κ1) is 17.6. The van der Waals surface area contributed by atoms with Crippen molar-refractivity contribution in [2.45, 2.75) is 39.2 Å². The van der Waals surface area contributed by atoms with E-state index >= 15 is 0 Å². The zero-order valence-electron chi connectivity index (χ0n) is 14.9. The number of piperidine rings is 1. The standard InChI is InChI=1S/C18H30N4O2/c1-14-12-19-15(2)18(20-14)22-6-5-17(16(13-22)4-3-9-23)21-7-10-24-11-8-21/h12,16-17,23H,3-11,13H2,1-2H3/t16-,17+/m1/s1. The fourth-order valence-corrected chi connectivity index (χ4v) is 4.06. The molecule has 1 N–H and O–H groups in total. The molecule has 0 radical (unpaired) electrons. The van der Waals surface area contributed by atoms with Gasteiger partial charge in [-0.3, -0.25) is 9.88 Å². The average molecular weight is 334 g/mol. The van der Waals surface area contributed by atoms with E-state index in [-0.39, 0.29) is 6.61 Å². The van der Waals surface area contributed by atoms with Crippen LogP contribution in [0.15, 0.2) is 6.20 Å². The number of rotatable bonds is 5. The summed E-state index contributed by atoms with van der Waals surface area (Å²) in [6.45, 7) is 10.1. The predicted molar refractivity (Wildman–Crippen MR) is 94.3 cm³/mol. The Hall–Kier alpha value is -1.24. The molecule has 1 aromatic heterocycles. The Morgan fingerprint density at radius 2 is 2.04 bits per heavy atom. The van der Waals surface area contributed by atoms with Crippen molar-refractivity contribution < 1.29 is 9.84 Å². The fraction of sp³-hybridized carbons (Fsp3) is 0.778. The van der Waals surface area contributed by atoms with Crippen molar-refractivity contribution in [1.82, 2.24) is 14.9 Å². The molecule has 3 heterocycles. The largest absolute Gasteiger partial charge is 0.396 e. The van der Waals surface area contributed by atoms with E-state index in [2.05, 4.69) is 14.8 Å². The van der Waals surface area contributed by atoms with Crippen LogP contribution in [0.25, 0.3) is 0 Å². The number of ether oxygens (including phenoxy) is 1. The highest BCUT2D eigenvalue weighted by Gasteiger charge is 2.34. The molecule has 0 unspecified atom stereocenters. The van der Waals surface area contributed by atoms with Crippen LogP contribution in [0.1, 0.15) is 30.7 Å². The summed E-state index contributed by atoms with van der Waals surface area (Å²) in [6.07, 6.45) is 4.92. The maximum absolute atomic E-state index is 9.29. The SMILES string of the molecule is Cc1cnc(C)c(N2CC[C@H](N3CCOCC3)[C@H](CCCO)C2)n1. The van der Waals surface area contributed by atoms with Gasteiger partial charge in [0.2, 0.25) is 0 Å². The van der Waals surface area contributed by atoms with Crippen molar-refractivity contribution in [3.8, 4) is 0 Å². The van der Waals surface area contributed by atoms with Crippen molar-refractivity contribution in [2.24, 2.45) is 5.92 Å². The summed E-state index contributed by atoms with van der Waals surface area (Å²) in [4.78, 5) is 14.2. The predicted octanol–water partition coefficient (Wildman–Crippen LogP) is 1.39. The number of anilines is 1. The highest BCUT2D eigenvalue weighted by Crippen LogP contribution is 2.30. The molecule has 0 amide bonds. The van der Waals surface area contributed by atoms with Crippen LogP contribution in [0.5, 0.6) is 0 Å². The van der Waals surface area contributed by atoms with Crippen LogP contribution in [0.4, 0.5) is 5.82 Å². The van der Waals surface area contributed by atoms with Gasteiger partial charge in [-0.05, 0) is 39.0 Å².